The number of aliphatic hydroxyl groups is 1. The third-order valence-corrected chi connectivity index (χ3v) is 7.60. The van der Waals surface area contributed by atoms with Crippen LogP contribution in [0.15, 0.2) is 48.5 Å². The molecule has 1 aliphatic heterocycles. The Morgan fingerprint density at radius 3 is 2.71 bits per heavy atom. The maximum atomic E-state index is 14.2. The van der Waals surface area contributed by atoms with E-state index in [0.717, 1.165) is 48.8 Å². The molecule has 3 atom stereocenters. The summed E-state index contributed by atoms with van der Waals surface area (Å²) < 4.78 is 19.4. The SMILES string of the molecule is CNCC(CC(C)C)NC(=O)N1CCCC(C(O)(CCCCOC)c2ccccc2-c2cccc(F)c2)C1. The van der Waals surface area contributed by atoms with Crippen molar-refractivity contribution in [2.24, 2.45) is 11.8 Å². The highest BCUT2D eigenvalue weighted by atomic mass is 19.1. The summed E-state index contributed by atoms with van der Waals surface area (Å²) in [4.78, 5) is 15.2. The summed E-state index contributed by atoms with van der Waals surface area (Å²) in [6, 6.07) is 14.3. The first kappa shape index (κ1) is 30.1. The minimum Gasteiger partial charge on any atom is -0.385 e. The average Bonchev–Trinajstić information content (AvgIpc) is 2.91. The molecule has 1 heterocycles. The minimum absolute atomic E-state index is 0.0505. The molecule has 2 amide bonds. The van der Waals surface area contributed by atoms with Gasteiger partial charge in [-0.1, -0.05) is 50.2 Å². The van der Waals surface area contributed by atoms with Crippen molar-refractivity contribution in [3.63, 3.8) is 0 Å². The number of halogens is 1. The number of urea groups is 1. The van der Waals surface area contributed by atoms with Gasteiger partial charge in [0, 0.05) is 45.3 Å². The highest BCUT2D eigenvalue weighted by molar-refractivity contribution is 5.75. The number of hydrogen-bond acceptors (Lipinski definition) is 4. The van der Waals surface area contributed by atoms with E-state index in [-0.39, 0.29) is 23.8 Å². The van der Waals surface area contributed by atoms with Crippen LogP contribution in [0.1, 0.15) is 57.9 Å². The quantitative estimate of drug-likeness (QED) is 0.299. The zero-order valence-corrected chi connectivity index (χ0v) is 23.5. The molecule has 0 spiro atoms. The Kier molecular flexibility index (Phi) is 11.6. The molecule has 1 saturated heterocycles. The predicted octanol–water partition coefficient (Wildman–Crippen LogP) is 5.55. The largest absolute Gasteiger partial charge is 0.385 e. The number of hydrogen-bond donors (Lipinski definition) is 3. The van der Waals surface area contributed by atoms with Crippen LogP contribution in [0, 0.1) is 17.7 Å². The first-order valence-corrected chi connectivity index (χ1v) is 14.0. The summed E-state index contributed by atoms with van der Waals surface area (Å²) in [6.07, 6.45) is 4.68. The first-order chi connectivity index (χ1) is 18.3. The Morgan fingerprint density at radius 2 is 2.00 bits per heavy atom. The topological polar surface area (TPSA) is 73.8 Å². The molecule has 0 radical (unpaired) electrons. The number of likely N-dealkylation sites (N-methyl/N-ethyl adjacent to an activating group) is 1. The van der Waals surface area contributed by atoms with Crippen LogP contribution in [0.2, 0.25) is 0 Å². The smallest absolute Gasteiger partial charge is 0.317 e. The molecule has 210 valence electrons. The number of carbonyl (C=O) groups is 1. The van der Waals surface area contributed by atoms with E-state index in [1.54, 1.807) is 13.2 Å². The van der Waals surface area contributed by atoms with Gasteiger partial charge in [0.05, 0.1) is 5.60 Å². The number of piperidine rings is 1. The fraction of sp³-hybridized carbons (Fsp3) is 0.581. The van der Waals surface area contributed by atoms with E-state index in [4.69, 9.17) is 4.74 Å². The van der Waals surface area contributed by atoms with Gasteiger partial charge in [-0.25, -0.2) is 9.18 Å². The molecule has 1 fully saturated rings. The minimum atomic E-state index is -1.17. The lowest BCUT2D eigenvalue weighted by Crippen LogP contribution is -2.54. The first-order valence-electron chi connectivity index (χ1n) is 14.0. The van der Waals surface area contributed by atoms with Gasteiger partial charge in [-0.3, -0.25) is 0 Å². The fourth-order valence-electron chi connectivity index (χ4n) is 5.79. The van der Waals surface area contributed by atoms with Crippen molar-refractivity contribution in [1.29, 1.82) is 0 Å². The molecule has 0 saturated carbocycles. The van der Waals surface area contributed by atoms with E-state index in [1.165, 1.54) is 12.1 Å². The molecule has 2 aromatic rings. The molecule has 7 heteroatoms. The molecule has 2 aromatic carbocycles. The van der Waals surface area contributed by atoms with Gasteiger partial charge in [-0.15, -0.1) is 0 Å². The molecule has 0 bridgehead atoms. The zero-order valence-electron chi connectivity index (χ0n) is 23.5. The highest BCUT2D eigenvalue weighted by Crippen LogP contribution is 2.43. The maximum Gasteiger partial charge on any atom is 0.317 e. The van der Waals surface area contributed by atoms with E-state index >= 15 is 0 Å². The van der Waals surface area contributed by atoms with Crippen LogP contribution < -0.4 is 10.6 Å². The second-order valence-corrected chi connectivity index (χ2v) is 11.0. The molecule has 0 aliphatic carbocycles. The summed E-state index contributed by atoms with van der Waals surface area (Å²) in [7, 11) is 3.58. The summed E-state index contributed by atoms with van der Waals surface area (Å²) in [5, 5.41) is 18.9. The Balaban J connectivity index is 1.90. The fourth-order valence-corrected chi connectivity index (χ4v) is 5.79. The molecular weight excluding hydrogens is 481 g/mol. The van der Waals surface area contributed by atoms with Crippen LogP contribution in [0.4, 0.5) is 9.18 Å². The average molecular weight is 528 g/mol. The van der Waals surface area contributed by atoms with Gasteiger partial charge in [0.25, 0.3) is 0 Å². The van der Waals surface area contributed by atoms with Crippen LogP contribution in [0.5, 0.6) is 0 Å². The van der Waals surface area contributed by atoms with Crippen molar-refractivity contribution in [2.45, 2.75) is 64.0 Å². The van der Waals surface area contributed by atoms with Crippen molar-refractivity contribution in [2.75, 3.05) is 40.4 Å². The molecule has 3 N–H and O–H groups in total. The molecule has 3 unspecified atom stereocenters. The van der Waals surface area contributed by atoms with Gasteiger partial charge in [-0.05, 0) is 80.3 Å². The van der Waals surface area contributed by atoms with Crippen LogP contribution in [0.3, 0.4) is 0 Å². The molecule has 38 heavy (non-hydrogen) atoms. The Labute approximate surface area is 228 Å². The summed E-state index contributed by atoms with van der Waals surface area (Å²) in [5.41, 5.74) is 1.19. The summed E-state index contributed by atoms with van der Waals surface area (Å²) in [6.45, 7) is 6.80. The van der Waals surface area contributed by atoms with Gasteiger partial charge in [0.2, 0.25) is 0 Å². The third-order valence-electron chi connectivity index (χ3n) is 7.60. The Morgan fingerprint density at radius 1 is 1.21 bits per heavy atom. The lowest BCUT2D eigenvalue weighted by Gasteiger charge is -2.44. The molecule has 0 aromatic heterocycles. The van der Waals surface area contributed by atoms with Gasteiger partial charge in [-0.2, -0.15) is 0 Å². The molecule has 1 aliphatic rings. The molecular formula is C31H46FN3O3. The summed E-state index contributed by atoms with van der Waals surface area (Å²) in [5.74, 6) is 0.0188. The van der Waals surface area contributed by atoms with Gasteiger partial charge in [0.1, 0.15) is 5.82 Å². The van der Waals surface area contributed by atoms with Crippen LogP contribution in [-0.4, -0.2) is 62.5 Å². The van der Waals surface area contributed by atoms with E-state index in [1.807, 2.05) is 42.3 Å². The standard InChI is InChI=1S/C31H46FN3O3/c1-23(2)19-27(21-33-3)34-30(36)35-17-10-12-25(22-35)31(37,16-7-8-18-38-4)29-15-6-5-14-28(29)24-11-9-13-26(32)20-24/h5-6,9,11,13-15,20,23,25,27,33,37H,7-8,10,12,16-19,21-22H2,1-4H3,(H,34,36). The van der Waals surface area contributed by atoms with Crippen molar-refractivity contribution >= 4 is 6.03 Å². The van der Waals surface area contributed by atoms with Crippen LogP contribution >= 0.6 is 0 Å². The van der Waals surface area contributed by atoms with Gasteiger partial charge in [0.15, 0.2) is 0 Å². The Bertz CT molecular complexity index is 1020. The maximum absolute atomic E-state index is 14.2. The van der Waals surface area contributed by atoms with E-state index in [2.05, 4.69) is 24.5 Å². The number of carbonyl (C=O) groups excluding carboxylic acids is 1. The lowest BCUT2D eigenvalue weighted by molar-refractivity contribution is -0.0559. The number of benzene rings is 2. The van der Waals surface area contributed by atoms with E-state index < -0.39 is 5.60 Å². The number of ether oxygens (including phenoxy) is 1. The van der Waals surface area contributed by atoms with Crippen molar-refractivity contribution in [3.8, 4) is 11.1 Å². The van der Waals surface area contributed by atoms with Crippen LogP contribution in [0.25, 0.3) is 11.1 Å². The number of likely N-dealkylation sites (tertiary alicyclic amines) is 1. The summed E-state index contributed by atoms with van der Waals surface area (Å²) >= 11 is 0. The van der Waals surface area contributed by atoms with Gasteiger partial charge >= 0.3 is 6.03 Å². The highest BCUT2D eigenvalue weighted by Gasteiger charge is 2.42. The van der Waals surface area contributed by atoms with Crippen molar-refractivity contribution < 1.29 is 19.0 Å². The monoisotopic (exact) mass is 527 g/mol. The Hall–Kier alpha value is -2.48. The number of amides is 2. The van der Waals surface area contributed by atoms with Crippen molar-refractivity contribution in [1.82, 2.24) is 15.5 Å². The second-order valence-electron chi connectivity index (χ2n) is 11.0. The molecule has 3 rings (SSSR count). The number of rotatable bonds is 13. The lowest BCUT2D eigenvalue weighted by atomic mass is 9.72. The van der Waals surface area contributed by atoms with Crippen LogP contribution in [-0.2, 0) is 10.3 Å². The van der Waals surface area contributed by atoms with E-state index in [9.17, 15) is 14.3 Å². The zero-order chi connectivity index (χ0) is 27.5. The number of unbranched alkanes of at least 4 members (excludes halogenated alkanes) is 1. The number of nitrogens with one attached hydrogen (secondary N) is 2. The number of methoxy groups -OCH3 is 1. The van der Waals surface area contributed by atoms with Crippen molar-refractivity contribution in [3.05, 3.63) is 59.9 Å². The molecule has 6 nitrogen and oxygen atoms in total. The third kappa shape index (κ3) is 8.01. The number of nitrogens with zero attached hydrogens (tertiary/aromatic N) is 1. The second kappa shape index (κ2) is 14.6. The van der Waals surface area contributed by atoms with E-state index in [0.29, 0.717) is 38.6 Å². The van der Waals surface area contributed by atoms with Gasteiger partial charge < -0.3 is 25.4 Å². The normalized spacial score (nSPS) is 18.3. The predicted molar refractivity (Wildman–Crippen MR) is 151 cm³/mol.